The van der Waals surface area contributed by atoms with Gasteiger partial charge in [-0.2, -0.15) is 5.10 Å². The highest BCUT2D eigenvalue weighted by Crippen LogP contribution is 2.57. The maximum atomic E-state index is 12.8. The number of ketones is 1. The predicted octanol–water partition coefficient (Wildman–Crippen LogP) is 0.926. The molecule has 0 bridgehead atoms. The third-order valence-corrected chi connectivity index (χ3v) is 7.12. The van der Waals surface area contributed by atoms with Crippen LogP contribution < -0.4 is 5.43 Å². The summed E-state index contributed by atoms with van der Waals surface area (Å²) in [5.74, 6) is -1.62. The molecule has 1 fully saturated rings. The van der Waals surface area contributed by atoms with Crippen molar-refractivity contribution in [3.8, 4) is 0 Å². The van der Waals surface area contributed by atoms with Crippen molar-refractivity contribution in [3.63, 3.8) is 0 Å². The Kier molecular flexibility index (Phi) is 3.63. The number of aliphatic hydroxyl groups is 3. The van der Waals surface area contributed by atoms with E-state index < -0.39 is 17.1 Å². The second-order valence-corrected chi connectivity index (χ2v) is 9.17. The summed E-state index contributed by atoms with van der Waals surface area (Å²) in [5, 5.41) is 37.8. The molecule has 3 aliphatic carbocycles. The Morgan fingerprint density at radius 1 is 1.31 bits per heavy atom. The summed E-state index contributed by atoms with van der Waals surface area (Å²) in [5.41, 5.74) is 1.96. The lowest BCUT2D eigenvalue weighted by atomic mass is 9.54. The molecule has 4 N–H and O–H groups in total. The van der Waals surface area contributed by atoms with Crippen LogP contribution in [0.3, 0.4) is 0 Å². The lowest BCUT2D eigenvalue weighted by Gasteiger charge is -2.53. The molecular weight excluding hydrogens is 332 g/mol. The van der Waals surface area contributed by atoms with Crippen molar-refractivity contribution in [3.05, 3.63) is 23.3 Å². The maximum Gasteiger partial charge on any atom is 0.190 e. The molecule has 0 aromatic heterocycles. The summed E-state index contributed by atoms with van der Waals surface area (Å²) in [6.07, 6.45) is 4.32. The molecule has 0 saturated heterocycles. The number of aliphatic hydroxyl groups excluding tert-OH is 1. The Labute approximate surface area is 153 Å². The number of hydrogen-bond donors (Lipinski definition) is 4. The normalized spacial score (nSPS) is 46.3. The van der Waals surface area contributed by atoms with E-state index in [9.17, 15) is 20.1 Å². The Balaban J connectivity index is 1.94. The zero-order valence-electron chi connectivity index (χ0n) is 15.8. The summed E-state index contributed by atoms with van der Waals surface area (Å²) >= 11 is 0. The molecule has 1 aliphatic heterocycles. The van der Waals surface area contributed by atoms with Gasteiger partial charge in [0.05, 0.1) is 17.7 Å². The fraction of sp³-hybridized carbons (Fsp3) is 0.700. The van der Waals surface area contributed by atoms with Crippen molar-refractivity contribution >= 4 is 11.5 Å². The minimum atomic E-state index is -1.69. The lowest BCUT2D eigenvalue weighted by molar-refractivity contribution is -0.166. The number of carbonyl (C=O) groups is 1. The third-order valence-electron chi connectivity index (χ3n) is 7.12. The average molecular weight is 360 g/mol. The molecule has 4 rings (SSSR count). The molecule has 26 heavy (non-hydrogen) atoms. The number of hydrogen-bond acceptors (Lipinski definition) is 6. The Morgan fingerprint density at radius 3 is 2.65 bits per heavy atom. The molecule has 0 aromatic rings. The van der Waals surface area contributed by atoms with Crippen molar-refractivity contribution in [1.82, 2.24) is 5.43 Å². The highest BCUT2D eigenvalue weighted by Gasteiger charge is 2.66. The van der Waals surface area contributed by atoms with Crippen molar-refractivity contribution in [2.45, 2.75) is 57.3 Å². The minimum Gasteiger partial charge on any atom is -0.392 e. The summed E-state index contributed by atoms with van der Waals surface area (Å²) < 4.78 is 0. The van der Waals surface area contributed by atoms with E-state index in [1.807, 2.05) is 13.0 Å². The van der Waals surface area contributed by atoms with E-state index in [2.05, 4.69) is 24.4 Å². The van der Waals surface area contributed by atoms with Gasteiger partial charge in [0, 0.05) is 29.9 Å². The molecule has 6 heteroatoms. The molecule has 1 saturated carbocycles. The van der Waals surface area contributed by atoms with Crippen LogP contribution in [-0.4, -0.2) is 50.2 Å². The van der Waals surface area contributed by atoms with Crippen LogP contribution in [0.4, 0.5) is 0 Å². The first kappa shape index (κ1) is 17.9. The van der Waals surface area contributed by atoms with Gasteiger partial charge in [-0.1, -0.05) is 19.1 Å². The van der Waals surface area contributed by atoms with Crippen LogP contribution in [-0.2, 0) is 4.79 Å². The average Bonchev–Trinajstić information content (AvgIpc) is 2.95. The Bertz CT molecular complexity index is 768. The standard InChI is InChI=1S/C20H28N2O4/c1-10-5-15-19(25,17(10)24)8-12(9-23)7-13-16-14(21-22-18(16,3)4)6-11(2)20(13,15)26/h5,7,11,13,15-16,22-23,25-26H,6,8-9H2,1-4H3/t11-,13+,15-,16+,19-,20-/m1/s1. The van der Waals surface area contributed by atoms with Crippen molar-refractivity contribution in [2.24, 2.45) is 28.8 Å². The molecule has 0 unspecified atom stereocenters. The van der Waals surface area contributed by atoms with Crippen LogP contribution in [0.25, 0.3) is 0 Å². The molecule has 142 valence electrons. The minimum absolute atomic E-state index is 0.0550. The number of rotatable bonds is 1. The van der Waals surface area contributed by atoms with Gasteiger partial charge >= 0.3 is 0 Å². The van der Waals surface area contributed by atoms with E-state index in [1.54, 1.807) is 13.0 Å². The van der Waals surface area contributed by atoms with Gasteiger partial charge in [-0.25, -0.2) is 0 Å². The topological polar surface area (TPSA) is 102 Å². The Morgan fingerprint density at radius 2 is 2.00 bits per heavy atom. The van der Waals surface area contributed by atoms with Gasteiger partial charge in [0.1, 0.15) is 5.60 Å². The number of nitrogens with one attached hydrogen (secondary N) is 1. The van der Waals surface area contributed by atoms with Crippen LogP contribution in [0, 0.1) is 23.7 Å². The second kappa shape index (κ2) is 5.27. The first-order valence-corrected chi connectivity index (χ1v) is 9.37. The number of hydrazone groups is 1. The van der Waals surface area contributed by atoms with Crippen LogP contribution >= 0.6 is 0 Å². The molecule has 0 aromatic carbocycles. The molecule has 0 amide bonds. The quantitative estimate of drug-likeness (QED) is 0.521. The predicted molar refractivity (Wildman–Crippen MR) is 97.4 cm³/mol. The smallest absolute Gasteiger partial charge is 0.190 e. The second-order valence-electron chi connectivity index (χ2n) is 9.17. The highest BCUT2D eigenvalue weighted by atomic mass is 16.3. The van der Waals surface area contributed by atoms with E-state index in [4.69, 9.17) is 0 Å². The van der Waals surface area contributed by atoms with Crippen molar-refractivity contribution in [1.29, 1.82) is 0 Å². The number of carbonyl (C=O) groups excluding carboxylic acids is 1. The number of Topliss-reactive ketones (excluding diaryl/α,β-unsaturated/α-hetero) is 1. The summed E-state index contributed by atoms with van der Waals surface area (Å²) in [6.45, 7) is 7.51. The van der Waals surface area contributed by atoms with E-state index in [1.165, 1.54) is 0 Å². The van der Waals surface area contributed by atoms with E-state index in [-0.39, 0.29) is 42.1 Å². The number of nitrogens with zero attached hydrogens (tertiary/aromatic N) is 1. The van der Waals surface area contributed by atoms with Crippen LogP contribution in [0.5, 0.6) is 0 Å². The fourth-order valence-corrected chi connectivity index (χ4v) is 5.84. The van der Waals surface area contributed by atoms with Gasteiger partial charge < -0.3 is 20.7 Å². The summed E-state index contributed by atoms with van der Waals surface area (Å²) in [7, 11) is 0. The van der Waals surface area contributed by atoms with Crippen LogP contribution in [0.15, 0.2) is 28.4 Å². The van der Waals surface area contributed by atoms with Gasteiger partial charge in [-0.3, -0.25) is 4.79 Å². The highest BCUT2D eigenvalue weighted by molar-refractivity contribution is 6.05. The fourth-order valence-electron chi connectivity index (χ4n) is 5.84. The molecular formula is C20H28N2O4. The first-order valence-electron chi connectivity index (χ1n) is 9.37. The van der Waals surface area contributed by atoms with E-state index >= 15 is 0 Å². The van der Waals surface area contributed by atoms with Gasteiger partial charge in [0.2, 0.25) is 0 Å². The maximum absolute atomic E-state index is 12.8. The molecule has 1 heterocycles. The van der Waals surface area contributed by atoms with Gasteiger partial charge in [-0.15, -0.1) is 0 Å². The van der Waals surface area contributed by atoms with E-state index in [0.717, 1.165) is 5.71 Å². The monoisotopic (exact) mass is 360 g/mol. The van der Waals surface area contributed by atoms with Crippen LogP contribution in [0.2, 0.25) is 0 Å². The SMILES string of the molecule is CC1=C[C@H]2[C@@]3(O)[C@H](C)CC4=NNC(C)(C)[C@H]4[C@@H]3C=C(CO)C[C@]2(O)C1=O. The van der Waals surface area contributed by atoms with Crippen LogP contribution in [0.1, 0.15) is 40.5 Å². The lowest BCUT2D eigenvalue weighted by Crippen LogP contribution is -2.64. The first-order chi connectivity index (χ1) is 12.1. The van der Waals surface area contributed by atoms with Crippen molar-refractivity contribution < 1.29 is 20.1 Å². The van der Waals surface area contributed by atoms with Crippen molar-refractivity contribution in [2.75, 3.05) is 6.61 Å². The molecule has 6 atom stereocenters. The third kappa shape index (κ3) is 2.03. The number of fused-ring (bicyclic) bond motifs is 5. The molecule has 6 nitrogen and oxygen atoms in total. The zero-order valence-corrected chi connectivity index (χ0v) is 15.8. The summed E-state index contributed by atoms with van der Waals surface area (Å²) in [4.78, 5) is 12.8. The van der Waals surface area contributed by atoms with Gasteiger partial charge in [0.15, 0.2) is 5.78 Å². The zero-order chi connectivity index (χ0) is 19.1. The van der Waals surface area contributed by atoms with E-state index in [0.29, 0.717) is 17.6 Å². The van der Waals surface area contributed by atoms with Gasteiger partial charge in [0.25, 0.3) is 0 Å². The molecule has 0 radical (unpaired) electrons. The largest absolute Gasteiger partial charge is 0.392 e. The van der Waals surface area contributed by atoms with Gasteiger partial charge in [-0.05, 0) is 44.3 Å². The Hall–Kier alpha value is -1.50. The summed E-state index contributed by atoms with van der Waals surface area (Å²) in [6, 6.07) is 0. The molecule has 4 aliphatic rings. The molecule has 0 spiro atoms.